The molecule has 1 nitrogen and oxygen atoms in total. The Balaban J connectivity index is 2.92. The van der Waals surface area contributed by atoms with Gasteiger partial charge in [0, 0.05) is 21.4 Å². The van der Waals surface area contributed by atoms with Gasteiger partial charge in [0.05, 0.1) is 10.0 Å². The predicted octanol–water partition coefficient (Wildman–Crippen LogP) is 4.61. The van der Waals surface area contributed by atoms with Crippen molar-refractivity contribution in [2.75, 3.05) is 0 Å². The van der Waals surface area contributed by atoms with Crippen LogP contribution < -0.4 is 0 Å². The van der Waals surface area contributed by atoms with Gasteiger partial charge in [-0.15, -0.1) is 0 Å². The third-order valence-corrected chi connectivity index (χ3v) is 3.26. The zero-order valence-corrected chi connectivity index (χ0v) is 9.70. The van der Waals surface area contributed by atoms with Crippen molar-refractivity contribution in [1.82, 2.24) is 0 Å². The van der Waals surface area contributed by atoms with Gasteiger partial charge in [0.15, 0.2) is 0 Å². The lowest BCUT2D eigenvalue weighted by atomic mass is 10.1. The largest absolute Gasteiger partial charge is 0.298 e. The average molecular weight is 260 g/mol. The summed E-state index contributed by atoms with van der Waals surface area (Å²) >= 11 is 17.9. The van der Waals surface area contributed by atoms with E-state index in [9.17, 15) is 4.79 Å². The molecule has 0 heterocycles. The molecule has 0 fully saturated rings. The fraction of sp³-hybridized carbons (Fsp3) is 0. The molecule has 0 N–H and O–H groups in total. The summed E-state index contributed by atoms with van der Waals surface area (Å²) in [7, 11) is 0. The number of rotatable bonds is 1. The Morgan fingerprint density at radius 3 is 2.33 bits per heavy atom. The Bertz CT molecular complexity index is 549. The molecule has 15 heavy (non-hydrogen) atoms. The topological polar surface area (TPSA) is 17.1 Å². The van der Waals surface area contributed by atoms with Gasteiger partial charge in [0.2, 0.25) is 0 Å². The number of hydrogen-bond acceptors (Lipinski definition) is 1. The molecule has 0 radical (unpaired) electrons. The maximum absolute atomic E-state index is 10.7. The number of aldehydes is 1. The van der Waals surface area contributed by atoms with E-state index in [0.717, 1.165) is 11.7 Å². The van der Waals surface area contributed by atoms with Gasteiger partial charge in [-0.1, -0.05) is 40.9 Å². The van der Waals surface area contributed by atoms with E-state index in [1.807, 2.05) is 0 Å². The number of benzene rings is 2. The number of carbonyl (C=O) groups excluding carboxylic acids is 1. The first-order chi connectivity index (χ1) is 7.13. The Morgan fingerprint density at radius 1 is 0.933 bits per heavy atom. The standard InChI is InChI=1S/C11H5Cl3O/c12-9-2-1-7-8(11(9)14)3-6(5-15)4-10(7)13/h1-5H. The summed E-state index contributed by atoms with van der Waals surface area (Å²) in [5, 5.41) is 2.84. The van der Waals surface area contributed by atoms with Gasteiger partial charge < -0.3 is 0 Å². The molecule has 0 aliphatic carbocycles. The maximum atomic E-state index is 10.7. The van der Waals surface area contributed by atoms with Gasteiger partial charge in [-0.3, -0.25) is 4.79 Å². The molecule has 0 saturated heterocycles. The van der Waals surface area contributed by atoms with E-state index in [0.29, 0.717) is 26.0 Å². The molecule has 0 spiro atoms. The molecule has 0 unspecified atom stereocenters. The third-order valence-electron chi connectivity index (χ3n) is 2.13. The number of fused-ring (bicyclic) bond motifs is 1. The minimum atomic E-state index is 0.416. The molecule has 0 bridgehead atoms. The van der Waals surface area contributed by atoms with E-state index < -0.39 is 0 Å². The minimum absolute atomic E-state index is 0.416. The summed E-state index contributed by atoms with van der Waals surface area (Å²) in [6.45, 7) is 0. The van der Waals surface area contributed by atoms with Crippen LogP contribution in [0.3, 0.4) is 0 Å². The van der Waals surface area contributed by atoms with Gasteiger partial charge in [-0.05, 0) is 18.2 Å². The van der Waals surface area contributed by atoms with Crippen LogP contribution >= 0.6 is 34.8 Å². The molecule has 2 rings (SSSR count). The van der Waals surface area contributed by atoms with Crippen LogP contribution in [0.25, 0.3) is 10.8 Å². The van der Waals surface area contributed by atoms with E-state index in [2.05, 4.69) is 0 Å². The molecule has 4 heteroatoms. The van der Waals surface area contributed by atoms with Crippen molar-refractivity contribution in [2.45, 2.75) is 0 Å². The normalized spacial score (nSPS) is 10.6. The highest BCUT2D eigenvalue weighted by Crippen LogP contribution is 2.34. The molecule has 0 saturated carbocycles. The first kappa shape index (κ1) is 10.7. The molecule has 0 aromatic heterocycles. The van der Waals surface area contributed by atoms with Crippen LogP contribution in [0.5, 0.6) is 0 Å². The SMILES string of the molecule is O=Cc1cc(Cl)c2ccc(Cl)c(Cl)c2c1. The number of hydrogen-bond donors (Lipinski definition) is 0. The number of halogens is 3. The van der Waals surface area contributed by atoms with Crippen LogP contribution in [0.4, 0.5) is 0 Å². The van der Waals surface area contributed by atoms with E-state index in [1.54, 1.807) is 24.3 Å². The van der Waals surface area contributed by atoms with Crippen LogP contribution in [0.15, 0.2) is 24.3 Å². The lowest BCUT2D eigenvalue weighted by Gasteiger charge is -2.05. The van der Waals surface area contributed by atoms with Crippen molar-refractivity contribution in [3.63, 3.8) is 0 Å². The lowest BCUT2D eigenvalue weighted by molar-refractivity contribution is 0.112. The fourth-order valence-electron chi connectivity index (χ4n) is 1.42. The second-order valence-electron chi connectivity index (χ2n) is 3.08. The second kappa shape index (κ2) is 4.01. The maximum Gasteiger partial charge on any atom is 0.150 e. The van der Waals surface area contributed by atoms with Crippen LogP contribution in [-0.4, -0.2) is 6.29 Å². The smallest absolute Gasteiger partial charge is 0.150 e. The molecule has 0 amide bonds. The second-order valence-corrected chi connectivity index (χ2v) is 4.27. The Morgan fingerprint density at radius 2 is 1.67 bits per heavy atom. The molecule has 2 aromatic rings. The van der Waals surface area contributed by atoms with Crippen molar-refractivity contribution in [3.8, 4) is 0 Å². The van der Waals surface area contributed by atoms with Crippen LogP contribution in [0.1, 0.15) is 10.4 Å². The predicted molar refractivity (Wildman–Crippen MR) is 64.4 cm³/mol. The highest BCUT2D eigenvalue weighted by atomic mass is 35.5. The highest BCUT2D eigenvalue weighted by Gasteiger charge is 2.08. The molecule has 2 aromatic carbocycles. The summed E-state index contributed by atoms with van der Waals surface area (Å²) in [5.74, 6) is 0. The summed E-state index contributed by atoms with van der Waals surface area (Å²) in [6.07, 6.45) is 0.725. The molecule has 0 atom stereocenters. The van der Waals surface area contributed by atoms with Crippen LogP contribution in [0, 0.1) is 0 Å². The van der Waals surface area contributed by atoms with Crippen molar-refractivity contribution < 1.29 is 4.79 Å². The van der Waals surface area contributed by atoms with Gasteiger partial charge in [0.1, 0.15) is 6.29 Å². The third kappa shape index (κ3) is 1.83. The van der Waals surface area contributed by atoms with E-state index in [1.165, 1.54) is 0 Å². The van der Waals surface area contributed by atoms with E-state index in [-0.39, 0.29) is 0 Å². The fourth-order valence-corrected chi connectivity index (χ4v) is 2.09. The lowest BCUT2D eigenvalue weighted by Crippen LogP contribution is -1.83. The zero-order valence-electron chi connectivity index (χ0n) is 7.43. The van der Waals surface area contributed by atoms with Crippen molar-refractivity contribution >= 4 is 51.9 Å². The number of carbonyl (C=O) groups is 1. The van der Waals surface area contributed by atoms with Crippen molar-refractivity contribution in [1.29, 1.82) is 0 Å². The zero-order chi connectivity index (χ0) is 11.0. The Hall–Kier alpha value is -0.760. The van der Waals surface area contributed by atoms with Gasteiger partial charge in [-0.2, -0.15) is 0 Å². The molecule has 0 aliphatic rings. The van der Waals surface area contributed by atoms with Gasteiger partial charge in [-0.25, -0.2) is 0 Å². The minimum Gasteiger partial charge on any atom is -0.298 e. The Kier molecular flexibility index (Phi) is 2.87. The summed E-state index contributed by atoms with van der Waals surface area (Å²) < 4.78 is 0. The first-order valence-corrected chi connectivity index (χ1v) is 5.29. The monoisotopic (exact) mass is 258 g/mol. The summed E-state index contributed by atoms with van der Waals surface area (Å²) in [5.41, 5.74) is 0.483. The molecule has 0 aliphatic heterocycles. The molecular weight excluding hydrogens is 254 g/mol. The van der Waals surface area contributed by atoms with Crippen molar-refractivity contribution in [3.05, 3.63) is 44.9 Å². The van der Waals surface area contributed by atoms with Crippen LogP contribution in [-0.2, 0) is 0 Å². The van der Waals surface area contributed by atoms with Gasteiger partial charge >= 0.3 is 0 Å². The highest BCUT2D eigenvalue weighted by molar-refractivity contribution is 6.46. The van der Waals surface area contributed by atoms with Crippen molar-refractivity contribution in [2.24, 2.45) is 0 Å². The summed E-state index contributed by atoms with van der Waals surface area (Å²) in [6, 6.07) is 6.72. The quantitative estimate of drug-likeness (QED) is 0.683. The first-order valence-electron chi connectivity index (χ1n) is 4.16. The Labute approximate surface area is 102 Å². The summed E-state index contributed by atoms with van der Waals surface area (Å²) in [4.78, 5) is 10.7. The average Bonchev–Trinajstić information content (AvgIpc) is 2.23. The van der Waals surface area contributed by atoms with E-state index >= 15 is 0 Å². The van der Waals surface area contributed by atoms with Gasteiger partial charge in [0.25, 0.3) is 0 Å². The molecule has 76 valence electrons. The molecular formula is C11H5Cl3O. The van der Waals surface area contributed by atoms with E-state index in [4.69, 9.17) is 34.8 Å². The van der Waals surface area contributed by atoms with Crippen LogP contribution in [0.2, 0.25) is 15.1 Å².